The molecule has 0 radical (unpaired) electrons. The van der Waals surface area contributed by atoms with E-state index in [-0.39, 0.29) is 0 Å². The molecule has 300 valence electrons. The van der Waals surface area contributed by atoms with Crippen molar-refractivity contribution in [2.24, 2.45) is 0 Å². The molecule has 0 unspecified atom stereocenters. The van der Waals surface area contributed by atoms with Crippen LogP contribution in [0.5, 0.6) is 0 Å². The Morgan fingerprint density at radius 3 is 0.714 bits per heavy atom. The molecule has 3 aromatic heterocycles. The van der Waals surface area contributed by atoms with Gasteiger partial charge in [-0.2, -0.15) is 0 Å². The highest BCUT2D eigenvalue weighted by molar-refractivity contribution is 5.95. The van der Waals surface area contributed by atoms with Gasteiger partial charge in [-0.3, -0.25) is 15.0 Å². The van der Waals surface area contributed by atoms with Crippen molar-refractivity contribution >= 4 is 0 Å². The maximum absolute atomic E-state index is 5.00. The Balaban J connectivity index is 1.15. The van der Waals surface area contributed by atoms with Crippen LogP contribution in [0.25, 0.3) is 101 Å². The molecule has 0 saturated heterocycles. The van der Waals surface area contributed by atoms with E-state index in [1.54, 1.807) is 0 Å². The van der Waals surface area contributed by atoms with E-state index in [9.17, 15) is 0 Å². The zero-order valence-electron chi connectivity index (χ0n) is 35.6. The van der Waals surface area contributed by atoms with Gasteiger partial charge >= 0.3 is 0 Å². The van der Waals surface area contributed by atoms with Crippen LogP contribution in [0.2, 0.25) is 0 Å². The number of benzene rings is 7. The second-order valence-corrected chi connectivity index (χ2v) is 16.2. The first-order valence-corrected chi connectivity index (χ1v) is 21.5. The van der Waals surface area contributed by atoms with Crippen molar-refractivity contribution in [3.8, 4) is 101 Å². The van der Waals surface area contributed by atoms with E-state index < -0.39 is 0 Å². The van der Waals surface area contributed by atoms with Gasteiger partial charge in [0.25, 0.3) is 0 Å². The van der Waals surface area contributed by atoms with Gasteiger partial charge in [-0.05, 0) is 124 Å². The Labute approximate surface area is 370 Å². The van der Waals surface area contributed by atoms with E-state index in [0.29, 0.717) is 0 Å². The summed E-state index contributed by atoms with van der Waals surface area (Å²) in [6.07, 6.45) is 6.11. The number of aromatic nitrogens is 3. The molecule has 63 heavy (non-hydrogen) atoms. The van der Waals surface area contributed by atoms with E-state index in [1.807, 2.05) is 36.8 Å². The minimum absolute atomic E-state index is 0.968. The molecule has 0 fully saturated rings. The van der Waals surface area contributed by atoms with Crippen LogP contribution < -0.4 is 0 Å². The summed E-state index contributed by atoms with van der Waals surface area (Å²) in [6.45, 7) is 6.56. The number of pyridine rings is 3. The number of aryl methyl sites for hydroxylation is 3. The van der Waals surface area contributed by atoms with Gasteiger partial charge < -0.3 is 0 Å². The first kappa shape index (κ1) is 39.1. The number of rotatable bonds is 9. The molecule has 0 bridgehead atoms. The van der Waals surface area contributed by atoms with Crippen molar-refractivity contribution < 1.29 is 0 Å². The zero-order chi connectivity index (χ0) is 42.7. The smallest absolute Gasteiger partial charge is 0.0705 e. The average Bonchev–Trinajstić information content (AvgIpc) is 3.34. The molecule has 0 atom stereocenters. The molecule has 3 heterocycles. The third-order valence-corrected chi connectivity index (χ3v) is 12.1. The van der Waals surface area contributed by atoms with Crippen LogP contribution in [0.15, 0.2) is 219 Å². The Hall–Kier alpha value is -8.01. The Kier molecular flexibility index (Phi) is 10.7. The van der Waals surface area contributed by atoms with Crippen LogP contribution in [-0.4, -0.2) is 15.0 Å². The summed E-state index contributed by atoms with van der Waals surface area (Å²) >= 11 is 0. The molecular weight excluding hydrogens is 763 g/mol. The summed E-state index contributed by atoms with van der Waals surface area (Å²) in [7, 11) is 0. The van der Waals surface area contributed by atoms with Crippen LogP contribution in [0.1, 0.15) is 16.7 Å². The predicted octanol–water partition coefficient (Wildman–Crippen LogP) is 15.8. The number of hydrogen-bond donors (Lipinski definition) is 0. The van der Waals surface area contributed by atoms with Gasteiger partial charge in [0.2, 0.25) is 0 Å². The predicted molar refractivity (Wildman–Crippen MR) is 263 cm³/mol. The van der Waals surface area contributed by atoms with E-state index in [4.69, 9.17) is 15.0 Å². The molecule has 10 rings (SSSR count). The Bertz CT molecular complexity index is 2880. The first-order chi connectivity index (χ1) is 31.0. The van der Waals surface area contributed by atoms with Crippen LogP contribution in [0.3, 0.4) is 0 Å². The van der Waals surface area contributed by atoms with Gasteiger partial charge in [-0.25, -0.2) is 0 Å². The van der Waals surface area contributed by atoms with Gasteiger partial charge in [-0.1, -0.05) is 164 Å². The average molecular weight is 808 g/mol. The molecule has 0 N–H and O–H groups in total. The standard InChI is InChI=1S/C60H45N3/c1-40-31-58(43-19-7-4-8-20-43)61-37-55(40)52-28-16-13-25-49(52)46-34-47(50-26-14-17-29-53(50)56-38-62-59(32-41(56)2)44-21-9-5-10-22-44)36-48(35-46)51-27-15-18-30-54(51)57-39-63-60(33-42(57)3)45-23-11-6-12-24-45/h4-39H,1-3H3. The van der Waals surface area contributed by atoms with Gasteiger partial charge in [0.05, 0.1) is 17.1 Å². The normalized spacial score (nSPS) is 11.1. The van der Waals surface area contributed by atoms with E-state index >= 15 is 0 Å². The highest BCUT2D eigenvalue weighted by Gasteiger charge is 2.19. The maximum atomic E-state index is 5.00. The fraction of sp³-hybridized carbons (Fsp3) is 0.0500. The third-order valence-electron chi connectivity index (χ3n) is 12.1. The molecule has 3 nitrogen and oxygen atoms in total. The van der Waals surface area contributed by atoms with Crippen LogP contribution >= 0.6 is 0 Å². The quantitative estimate of drug-likeness (QED) is 0.146. The van der Waals surface area contributed by atoms with Gasteiger partial charge in [0, 0.05) is 52.0 Å². The van der Waals surface area contributed by atoms with Crippen LogP contribution in [0.4, 0.5) is 0 Å². The molecule has 0 saturated carbocycles. The summed E-state index contributed by atoms with van der Waals surface area (Å²) in [5.41, 5.74) is 23.3. The Morgan fingerprint density at radius 1 is 0.222 bits per heavy atom. The van der Waals surface area contributed by atoms with Gasteiger partial charge in [0.15, 0.2) is 0 Å². The monoisotopic (exact) mass is 807 g/mol. The van der Waals surface area contributed by atoms with E-state index in [0.717, 1.165) is 101 Å². The van der Waals surface area contributed by atoms with Gasteiger partial charge in [0.1, 0.15) is 0 Å². The molecular formula is C60H45N3. The Morgan fingerprint density at radius 2 is 0.460 bits per heavy atom. The number of nitrogens with zero attached hydrogens (tertiary/aromatic N) is 3. The molecule has 0 amide bonds. The summed E-state index contributed by atoms with van der Waals surface area (Å²) in [6, 6.07) is 71.1. The van der Waals surface area contributed by atoms with Crippen molar-refractivity contribution in [3.63, 3.8) is 0 Å². The number of hydrogen-bond acceptors (Lipinski definition) is 3. The van der Waals surface area contributed by atoms with E-state index in [2.05, 4.69) is 203 Å². The fourth-order valence-corrected chi connectivity index (χ4v) is 8.82. The lowest BCUT2D eigenvalue weighted by molar-refractivity contribution is 1.28. The van der Waals surface area contributed by atoms with E-state index in [1.165, 1.54) is 16.7 Å². The highest BCUT2D eigenvalue weighted by Crippen LogP contribution is 2.43. The first-order valence-electron chi connectivity index (χ1n) is 21.5. The fourth-order valence-electron chi connectivity index (χ4n) is 8.82. The lowest BCUT2D eigenvalue weighted by Gasteiger charge is -2.19. The second-order valence-electron chi connectivity index (χ2n) is 16.2. The summed E-state index contributed by atoms with van der Waals surface area (Å²) in [4.78, 5) is 15.0. The third kappa shape index (κ3) is 7.89. The lowest BCUT2D eigenvalue weighted by atomic mass is 9.85. The van der Waals surface area contributed by atoms with Gasteiger partial charge in [-0.15, -0.1) is 0 Å². The second kappa shape index (κ2) is 17.2. The van der Waals surface area contributed by atoms with Crippen molar-refractivity contribution in [2.45, 2.75) is 20.8 Å². The van der Waals surface area contributed by atoms with Crippen LogP contribution in [-0.2, 0) is 0 Å². The van der Waals surface area contributed by atoms with Crippen molar-refractivity contribution in [1.82, 2.24) is 15.0 Å². The largest absolute Gasteiger partial charge is 0.256 e. The van der Waals surface area contributed by atoms with Crippen molar-refractivity contribution in [3.05, 3.63) is 235 Å². The lowest BCUT2D eigenvalue weighted by Crippen LogP contribution is -1.95. The summed E-state index contributed by atoms with van der Waals surface area (Å²) < 4.78 is 0. The maximum Gasteiger partial charge on any atom is 0.0705 e. The topological polar surface area (TPSA) is 38.7 Å². The molecule has 7 aromatic carbocycles. The molecule has 0 aliphatic rings. The highest BCUT2D eigenvalue weighted by atomic mass is 14.7. The van der Waals surface area contributed by atoms with Crippen LogP contribution in [0, 0.1) is 20.8 Å². The van der Waals surface area contributed by atoms with Crippen molar-refractivity contribution in [1.29, 1.82) is 0 Å². The minimum Gasteiger partial charge on any atom is -0.256 e. The SMILES string of the molecule is Cc1cc(-c2ccccc2)ncc1-c1ccccc1-c1cc(-c2ccccc2-c2cnc(-c3ccccc3)cc2C)cc(-c2ccccc2-c2cnc(-c3ccccc3)cc2C)c1. The molecule has 3 heteroatoms. The summed E-state index contributed by atoms with van der Waals surface area (Å²) in [5.74, 6) is 0. The molecule has 10 aromatic rings. The minimum atomic E-state index is 0.968. The molecule has 0 aliphatic heterocycles. The zero-order valence-corrected chi connectivity index (χ0v) is 35.6. The van der Waals surface area contributed by atoms with Crippen molar-refractivity contribution in [2.75, 3.05) is 0 Å². The summed E-state index contributed by atoms with van der Waals surface area (Å²) in [5, 5.41) is 0. The molecule has 0 aliphatic carbocycles. The molecule has 0 spiro atoms.